The van der Waals surface area contributed by atoms with E-state index in [2.05, 4.69) is 5.32 Å². The summed E-state index contributed by atoms with van der Waals surface area (Å²) in [5.74, 6) is -0.795. The van der Waals surface area contributed by atoms with Crippen molar-refractivity contribution in [2.45, 2.75) is 37.1 Å². The first-order valence-corrected chi connectivity index (χ1v) is 9.97. The van der Waals surface area contributed by atoms with E-state index in [1.165, 1.54) is 28.6 Å². The molecule has 0 radical (unpaired) electrons. The highest BCUT2D eigenvalue weighted by Gasteiger charge is 2.37. The van der Waals surface area contributed by atoms with Crippen LogP contribution in [0.25, 0.3) is 0 Å². The Kier molecular flexibility index (Phi) is 5.38. The summed E-state index contributed by atoms with van der Waals surface area (Å²) in [6.07, 6.45) is 1.95. The molecule has 1 heterocycles. The lowest BCUT2D eigenvalue weighted by atomic mass is 10.0. The smallest absolute Gasteiger partial charge is 0.243 e. The van der Waals surface area contributed by atoms with Gasteiger partial charge in [0.2, 0.25) is 15.9 Å². The lowest BCUT2D eigenvalue weighted by Crippen LogP contribution is -2.49. The zero-order valence-corrected chi connectivity index (χ0v) is 15.3. The van der Waals surface area contributed by atoms with Gasteiger partial charge in [-0.15, -0.1) is 0 Å². The van der Waals surface area contributed by atoms with E-state index >= 15 is 0 Å². The standard InChI is InChI=1S/C19H21FN2O3S/c1-14-5-11-17(12-6-14)26(24,25)22-13-3-2-4-18(22)19(23)21-16-9-7-15(20)8-10-16/h5-12,18H,2-4,13H2,1H3,(H,21,23)/t18-/m0/s1. The van der Waals surface area contributed by atoms with Crippen molar-refractivity contribution in [3.63, 3.8) is 0 Å². The van der Waals surface area contributed by atoms with Crippen molar-refractivity contribution >= 4 is 21.6 Å². The Bertz CT molecular complexity index is 880. The highest BCUT2D eigenvalue weighted by molar-refractivity contribution is 7.89. The van der Waals surface area contributed by atoms with Crippen LogP contribution in [0.15, 0.2) is 53.4 Å². The first-order chi connectivity index (χ1) is 12.4. The number of carbonyl (C=O) groups is 1. The summed E-state index contributed by atoms with van der Waals surface area (Å²) in [5, 5.41) is 2.69. The van der Waals surface area contributed by atoms with Gasteiger partial charge < -0.3 is 5.32 Å². The molecular formula is C19H21FN2O3S. The molecule has 1 saturated heterocycles. The van der Waals surface area contributed by atoms with E-state index in [0.717, 1.165) is 12.0 Å². The number of piperidine rings is 1. The molecule has 0 spiro atoms. The first-order valence-electron chi connectivity index (χ1n) is 8.53. The molecule has 5 nitrogen and oxygen atoms in total. The molecule has 138 valence electrons. The minimum atomic E-state index is -3.76. The van der Waals surface area contributed by atoms with Crippen LogP contribution in [0, 0.1) is 12.7 Å². The number of halogens is 1. The Morgan fingerprint density at radius 2 is 1.73 bits per heavy atom. The van der Waals surface area contributed by atoms with Crippen LogP contribution >= 0.6 is 0 Å². The molecule has 1 aliphatic rings. The van der Waals surface area contributed by atoms with Gasteiger partial charge >= 0.3 is 0 Å². The maximum Gasteiger partial charge on any atom is 0.243 e. The summed E-state index contributed by atoms with van der Waals surface area (Å²) in [4.78, 5) is 12.9. The number of aryl methyl sites for hydroxylation is 1. The van der Waals surface area contributed by atoms with E-state index in [1.54, 1.807) is 24.3 Å². The average Bonchev–Trinajstić information content (AvgIpc) is 2.64. The Hall–Kier alpha value is -2.25. The van der Waals surface area contributed by atoms with E-state index in [4.69, 9.17) is 0 Å². The van der Waals surface area contributed by atoms with Crippen LogP contribution in [0.5, 0.6) is 0 Å². The molecule has 0 bridgehead atoms. The summed E-state index contributed by atoms with van der Waals surface area (Å²) >= 11 is 0. The van der Waals surface area contributed by atoms with Crippen molar-refractivity contribution < 1.29 is 17.6 Å². The quantitative estimate of drug-likeness (QED) is 0.890. The molecule has 2 aromatic rings. The molecule has 26 heavy (non-hydrogen) atoms. The predicted molar refractivity (Wildman–Crippen MR) is 97.7 cm³/mol. The third-order valence-electron chi connectivity index (χ3n) is 4.50. The molecule has 1 N–H and O–H groups in total. The summed E-state index contributed by atoms with van der Waals surface area (Å²) < 4.78 is 40.3. The molecule has 1 amide bonds. The van der Waals surface area contributed by atoms with Crippen molar-refractivity contribution in [2.24, 2.45) is 0 Å². The summed E-state index contributed by atoms with van der Waals surface area (Å²) in [5.41, 5.74) is 1.41. The van der Waals surface area contributed by atoms with E-state index in [-0.39, 0.29) is 4.90 Å². The average molecular weight is 376 g/mol. The fraction of sp³-hybridized carbons (Fsp3) is 0.316. The van der Waals surface area contributed by atoms with Crippen LogP contribution in [-0.2, 0) is 14.8 Å². The number of hydrogen-bond donors (Lipinski definition) is 1. The molecule has 2 aromatic carbocycles. The van der Waals surface area contributed by atoms with Gasteiger partial charge in [-0.1, -0.05) is 24.1 Å². The number of amides is 1. The van der Waals surface area contributed by atoms with Gasteiger partial charge in [0.15, 0.2) is 0 Å². The zero-order valence-electron chi connectivity index (χ0n) is 14.5. The molecule has 1 fully saturated rings. The van der Waals surface area contributed by atoms with Crippen molar-refractivity contribution in [1.82, 2.24) is 4.31 Å². The van der Waals surface area contributed by atoms with Crippen LogP contribution in [0.1, 0.15) is 24.8 Å². The summed E-state index contributed by atoms with van der Waals surface area (Å²) in [7, 11) is -3.76. The highest BCUT2D eigenvalue weighted by atomic mass is 32.2. The number of carbonyl (C=O) groups excluding carboxylic acids is 1. The maximum absolute atomic E-state index is 13.0. The Morgan fingerprint density at radius 3 is 2.38 bits per heavy atom. The molecular weight excluding hydrogens is 355 g/mol. The van der Waals surface area contributed by atoms with Crippen molar-refractivity contribution in [3.05, 3.63) is 59.9 Å². The number of nitrogens with zero attached hydrogens (tertiary/aromatic N) is 1. The first kappa shape index (κ1) is 18.5. The number of benzene rings is 2. The minimum absolute atomic E-state index is 0.185. The fourth-order valence-electron chi connectivity index (χ4n) is 3.06. The van der Waals surface area contributed by atoms with Gasteiger partial charge in [-0.3, -0.25) is 4.79 Å². The van der Waals surface area contributed by atoms with Gasteiger partial charge in [-0.2, -0.15) is 4.31 Å². The van der Waals surface area contributed by atoms with Crippen molar-refractivity contribution in [1.29, 1.82) is 0 Å². The SMILES string of the molecule is Cc1ccc(S(=O)(=O)N2CCCC[C@H]2C(=O)Nc2ccc(F)cc2)cc1. The fourth-order valence-corrected chi connectivity index (χ4v) is 4.72. The predicted octanol–water partition coefficient (Wildman–Crippen LogP) is 3.32. The monoisotopic (exact) mass is 376 g/mol. The molecule has 0 unspecified atom stereocenters. The van der Waals surface area contributed by atoms with Gasteiger partial charge in [0.1, 0.15) is 11.9 Å². The van der Waals surface area contributed by atoms with Gasteiger partial charge in [0, 0.05) is 12.2 Å². The second-order valence-corrected chi connectivity index (χ2v) is 8.33. The van der Waals surface area contributed by atoms with Gasteiger partial charge in [0.05, 0.1) is 4.90 Å². The molecule has 0 aliphatic carbocycles. The maximum atomic E-state index is 13.0. The zero-order chi connectivity index (χ0) is 18.7. The third-order valence-corrected chi connectivity index (χ3v) is 6.42. The summed E-state index contributed by atoms with van der Waals surface area (Å²) in [6, 6.07) is 11.2. The number of rotatable bonds is 4. The van der Waals surface area contributed by atoms with Crippen molar-refractivity contribution in [2.75, 3.05) is 11.9 Å². The molecule has 1 aliphatic heterocycles. The van der Waals surface area contributed by atoms with E-state index < -0.39 is 27.8 Å². The second-order valence-electron chi connectivity index (χ2n) is 6.44. The van der Waals surface area contributed by atoms with Crippen LogP contribution in [0.3, 0.4) is 0 Å². The van der Waals surface area contributed by atoms with E-state index in [0.29, 0.717) is 25.1 Å². The molecule has 7 heteroatoms. The second kappa shape index (κ2) is 7.55. The largest absolute Gasteiger partial charge is 0.325 e. The lowest BCUT2D eigenvalue weighted by Gasteiger charge is -2.33. The Balaban J connectivity index is 1.83. The van der Waals surface area contributed by atoms with Crippen LogP contribution in [-0.4, -0.2) is 31.2 Å². The Morgan fingerprint density at radius 1 is 1.08 bits per heavy atom. The van der Waals surface area contributed by atoms with E-state index in [9.17, 15) is 17.6 Å². The highest BCUT2D eigenvalue weighted by Crippen LogP contribution is 2.26. The minimum Gasteiger partial charge on any atom is -0.325 e. The summed E-state index contributed by atoms with van der Waals surface area (Å²) in [6.45, 7) is 2.19. The number of anilines is 1. The van der Waals surface area contributed by atoms with Crippen molar-refractivity contribution in [3.8, 4) is 0 Å². The normalized spacial score (nSPS) is 18.5. The molecule has 0 aromatic heterocycles. The number of sulfonamides is 1. The van der Waals surface area contributed by atoms with Gasteiger partial charge in [-0.25, -0.2) is 12.8 Å². The van der Waals surface area contributed by atoms with E-state index in [1.807, 2.05) is 6.92 Å². The number of hydrogen-bond acceptors (Lipinski definition) is 3. The van der Waals surface area contributed by atoms with Crippen LogP contribution < -0.4 is 5.32 Å². The molecule has 0 saturated carbocycles. The van der Waals surface area contributed by atoms with Crippen LogP contribution in [0.2, 0.25) is 0 Å². The third kappa shape index (κ3) is 3.94. The molecule has 1 atom stereocenters. The molecule has 3 rings (SSSR count). The lowest BCUT2D eigenvalue weighted by molar-refractivity contribution is -0.120. The van der Waals surface area contributed by atoms with Gasteiger partial charge in [0.25, 0.3) is 0 Å². The van der Waals surface area contributed by atoms with Crippen LogP contribution in [0.4, 0.5) is 10.1 Å². The number of nitrogens with one attached hydrogen (secondary N) is 1. The topological polar surface area (TPSA) is 66.5 Å². The Labute approximate surface area is 152 Å². The van der Waals surface area contributed by atoms with Gasteiger partial charge in [-0.05, 0) is 56.2 Å².